The van der Waals surface area contributed by atoms with Crippen molar-refractivity contribution < 1.29 is 19.0 Å². The molecule has 0 aromatic heterocycles. The number of nitrogens with zero attached hydrogens (tertiary/aromatic N) is 1. The molecule has 0 N–H and O–H groups in total. The number of carbonyl (C=O) groups is 1. The summed E-state index contributed by atoms with van der Waals surface area (Å²) in [6.07, 6.45) is 3.92. The van der Waals surface area contributed by atoms with Crippen LogP contribution in [0.1, 0.15) is 66.9 Å². The fourth-order valence-corrected chi connectivity index (χ4v) is 7.00. The molecule has 2 fully saturated rings. The van der Waals surface area contributed by atoms with Crippen molar-refractivity contribution in [3.63, 3.8) is 0 Å². The molecule has 37 heavy (non-hydrogen) atoms. The molecule has 5 nitrogen and oxygen atoms in total. The normalized spacial score (nSPS) is 21.9. The van der Waals surface area contributed by atoms with Gasteiger partial charge in [-0.15, -0.1) is 11.8 Å². The molecule has 3 aliphatic rings. The Kier molecular flexibility index (Phi) is 6.76. The Bertz CT molecular complexity index is 1260. The molecule has 3 aromatic carbocycles. The number of fused-ring (bicyclic) bond motifs is 3. The van der Waals surface area contributed by atoms with Gasteiger partial charge in [-0.3, -0.25) is 4.79 Å². The lowest BCUT2D eigenvalue weighted by molar-refractivity contribution is 0.0358. The molecule has 1 amide bonds. The molecule has 2 atom stereocenters. The molecule has 192 valence electrons. The summed E-state index contributed by atoms with van der Waals surface area (Å²) in [4.78, 5) is 17.0. The van der Waals surface area contributed by atoms with E-state index in [1.54, 1.807) is 0 Å². The summed E-state index contributed by atoms with van der Waals surface area (Å²) in [6, 6.07) is 23.1. The molecular weight excluding hydrogens is 482 g/mol. The smallest absolute Gasteiger partial charge is 0.254 e. The second-order valence-electron chi connectivity index (χ2n) is 10.5. The average Bonchev–Trinajstić information content (AvgIpc) is 3.49. The van der Waals surface area contributed by atoms with Crippen molar-refractivity contribution >= 4 is 17.7 Å². The fourth-order valence-electron chi connectivity index (χ4n) is 5.84. The van der Waals surface area contributed by atoms with Crippen LogP contribution in [0.4, 0.5) is 0 Å². The van der Waals surface area contributed by atoms with Crippen LogP contribution in [0.3, 0.4) is 0 Å². The van der Waals surface area contributed by atoms with Gasteiger partial charge in [-0.2, -0.15) is 0 Å². The third kappa shape index (κ3) is 5.04. The van der Waals surface area contributed by atoms with Gasteiger partial charge in [0, 0.05) is 47.2 Å². The Morgan fingerprint density at radius 2 is 1.70 bits per heavy atom. The van der Waals surface area contributed by atoms with E-state index >= 15 is 0 Å². The van der Waals surface area contributed by atoms with E-state index in [4.69, 9.17) is 14.2 Å². The lowest BCUT2D eigenvalue weighted by atomic mass is 9.98. The number of piperidine rings is 1. The maximum absolute atomic E-state index is 13.5. The minimum atomic E-state index is 0.107. The zero-order valence-electron chi connectivity index (χ0n) is 21.4. The van der Waals surface area contributed by atoms with E-state index in [1.165, 1.54) is 16.0 Å². The number of benzene rings is 3. The van der Waals surface area contributed by atoms with E-state index < -0.39 is 0 Å². The first-order valence-corrected chi connectivity index (χ1v) is 14.2. The molecular formula is C31H33NO4S. The van der Waals surface area contributed by atoms with Gasteiger partial charge in [-0.25, -0.2) is 0 Å². The van der Waals surface area contributed by atoms with Crippen LogP contribution in [-0.2, 0) is 5.75 Å². The van der Waals surface area contributed by atoms with Gasteiger partial charge >= 0.3 is 0 Å². The largest absolute Gasteiger partial charge is 0.490 e. The summed E-state index contributed by atoms with van der Waals surface area (Å²) < 4.78 is 17.2. The van der Waals surface area contributed by atoms with Crippen LogP contribution in [0.25, 0.3) is 0 Å². The van der Waals surface area contributed by atoms with Crippen molar-refractivity contribution in [2.45, 2.75) is 74.3 Å². The Morgan fingerprint density at radius 1 is 0.973 bits per heavy atom. The van der Waals surface area contributed by atoms with E-state index in [0.717, 1.165) is 54.2 Å². The molecule has 0 unspecified atom stereocenters. The summed E-state index contributed by atoms with van der Waals surface area (Å²) in [5.74, 6) is 3.85. The number of carbonyl (C=O) groups excluding carboxylic acids is 1. The molecule has 0 spiro atoms. The van der Waals surface area contributed by atoms with E-state index in [2.05, 4.69) is 55.1 Å². The van der Waals surface area contributed by atoms with E-state index in [9.17, 15) is 4.79 Å². The monoisotopic (exact) mass is 515 g/mol. The third-order valence-electron chi connectivity index (χ3n) is 7.71. The average molecular weight is 516 g/mol. The summed E-state index contributed by atoms with van der Waals surface area (Å²) in [7, 11) is 0. The molecule has 0 radical (unpaired) electrons. The minimum Gasteiger partial charge on any atom is -0.490 e. The van der Waals surface area contributed by atoms with Crippen molar-refractivity contribution in [2.75, 3.05) is 6.79 Å². The highest BCUT2D eigenvalue weighted by Crippen LogP contribution is 2.40. The van der Waals surface area contributed by atoms with Crippen LogP contribution in [-0.4, -0.2) is 35.8 Å². The number of thioether (sulfide) groups is 1. The number of hydrogen-bond acceptors (Lipinski definition) is 5. The topological polar surface area (TPSA) is 48.0 Å². The van der Waals surface area contributed by atoms with Crippen LogP contribution in [0.2, 0.25) is 0 Å². The highest BCUT2D eigenvalue weighted by molar-refractivity contribution is 7.98. The number of rotatable bonds is 7. The SMILES string of the molecule is CC(C)c1ccccc1SCc1ccc(C(=O)N2[C@H]3CC[C@H]2CC(Oc2ccc4c(c2)OCO4)C3)cc1. The maximum Gasteiger partial charge on any atom is 0.254 e. The van der Waals surface area contributed by atoms with Gasteiger partial charge in [0.15, 0.2) is 11.5 Å². The Labute approximate surface area is 223 Å². The van der Waals surface area contributed by atoms with Crippen molar-refractivity contribution in [3.05, 3.63) is 83.4 Å². The zero-order chi connectivity index (χ0) is 25.4. The van der Waals surface area contributed by atoms with Gasteiger partial charge in [-0.1, -0.05) is 44.2 Å². The van der Waals surface area contributed by atoms with Crippen molar-refractivity contribution in [3.8, 4) is 17.2 Å². The Hall–Kier alpha value is -3.12. The van der Waals surface area contributed by atoms with Crippen LogP contribution in [0, 0.1) is 0 Å². The van der Waals surface area contributed by atoms with Crippen LogP contribution in [0.5, 0.6) is 17.2 Å². The highest BCUT2D eigenvalue weighted by atomic mass is 32.2. The van der Waals surface area contributed by atoms with Gasteiger partial charge in [0.25, 0.3) is 5.91 Å². The van der Waals surface area contributed by atoms with Crippen molar-refractivity contribution in [2.24, 2.45) is 0 Å². The molecule has 6 rings (SSSR count). The molecule has 0 saturated carbocycles. The van der Waals surface area contributed by atoms with E-state index in [-0.39, 0.29) is 30.9 Å². The number of ether oxygens (including phenoxy) is 3. The predicted octanol–water partition coefficient (Wildman–Crippen LogP) is 7.05. The lowest BCUT2D eigenvalue weighted by Gasteiger charge is -2.39. The third-order valence-corrected chi connectivity index (χ3v) is 8.87. The number of hydrogen-bond donors (Lipinski definition) is 0. The van der Waals surface area contributed by atoms with Crippen LogP contribution in [0.15, 0.2) is 71.6 Å². The van der Waals surface area contributed by atoms with E-state index in [0.29, 0.717) is 5.92 Å². The Morgan fingerprint density at radius 3 is 2.46 bits per heavy atom. The van der Waals surface area contributed by atoms with Gasteiger partial charge < -0.3 is 19.1 Å². The highest BCUT2D eigenvalue weighted by Gasteiger charge is 2.44. The predicted molar refractivity (Wildman–Crippen MR) is 146 cm³/mol. The lowest BCUT2D eigenvalue weighted by Crippen LogP contribution is -2.49. The van der Waals surface area contributed by atoms with Gasteiger partial charge in [0.05, 0.1) is 0 Å². The summed E-state index contributed by atoms with van der Waals surface area (Å²) in [6.45, 7) is 4.73. The first kappa shape index (κ1) is 24.2. The van der Waals surface area contributed by atoms with E-state index in [1.807, 2.05) is 42.1 Å². The van der Waals surface area contributed by atoms with Crippen molar-refractivity contribution in [1.82, 2.24) is 4.90 Å². The summed E-state index contributed by atoms with van der Waals surface area (Å²) in [5, 5.41) is 0. The van der Waals surface area contributed by atoms with Gasteiger partial charge in [-0.05, 0) is 60.2 Å². The van der Waals surface area contributed by atoms with Gasteiger partial charge in [0.1, 0.15) is 11.9 Å². The van der Waals surface area contributed by atoms with Crippen LogP contribution < -0.4 is 14.2 Å². The molecule has 2 bridgehead atoms. The van der Waals surface area contributed by atoms with Crippen molar-refractivity contribution in [1.29, 1.82) is 0 Å². The molecule has 3 heterocycles. The second-order valence-corrected chi connectivity index (χ2v) is 11.5. The minimum absolute atomic E-state index is 0.107. The first-order chi connectivity index (χ1) is 18.0. The standard InChI is InChI=1S/C31H33NO4S/c1-20(2)27-5-3-4-6-30(27)37-18-21-7-9-22(10-8-21)31(33)32-23-11-12-24(32)16-26(15-23)36-25-13-14-28-29(17-25)35-19-34-28/h3-10,13-14,17,20,23-24,26H,11-12,15-16,18-19H2,1-2H3/t23-,24-/m0/s1. The first-order valence-electron chi connectivity index (χ1n) is 13.2. The molecule has 3 aliphatic heterocycles. The van der Waals surface area contributed by atoms with Crippen LogP contribution >= 0.6 is 11.8 Å². The molecule has 2 saturated heterocycles. The number of amides is 1. The molecule has 3 aromatic rings. The molecule has 0 aliphatic carbocycles. The Balaban J connectivity index is 1.07. The second kappa shape index (κ2) is 10.3. The fraction of sp³-hybridized carbons (Fsp3) is 0.387. The quantitative estimate of drug-likeness (QED) is 0.316. The maximum atomic E-state index is 13.5. The zero-order valence-corrected chi connectivity index (χ0v) is 22.2. The summed E-state index contributed by atoms with van der Waals surface area (Å²) in [5.41, 5.74) is 3.41. The molecule has 6 heteroatoms. The van der Waals surface area contributed by atoms with Gasteiger partial charge in [0.2, 0.25) is 6.79 Å². The summed E-state index contributed by atoms with van der Waals surface area (Å²) >= 11 is 1.86.